The first-order valence-electron chi connectivity index (χ1n) is 6.58. The third-order valence-corrected chi connectivity index (χ3v) is 3.20. The summed E-state index contributed by atoms with van der Waals surface area (Å²) in [6.45, 7) is 3.58. The standard InChI is InChI=1S/C13H21N3O/c1-2-17-12-8-9-14-13(16-12)15-10-11-6-4-3-5-7-11/h8-9,11H,2-7,10H2,1H3,(H,14,15,16). The highest BCUT2D eigenvalue weighted by Gasteiger charge is 2.13. The average molecular weight is 235 g/mol. The van der Waals surface area contributed by atoms with E-state index in [1.165, 1.54) is 32.1 Å². The third kappa shape index (κ3) is 3.88. The fourth-order valence-electron chi connectivity index (χ4n) is 2.28. The van der Waals surface area contributed by atoms with Gasteiger partial charge in [-0.3, -0.25) is 0 Å². The quantitative estimate of drug-likeness (QED) is 0.852. The molecule has 1 heterocycles. The summed E-state index contributed by atoms with van der Waals surface area (Å²) in [4.78, 5) is 8.51. The highest BCUT2D eigenvalue weighted by molar-refractivity contribution is 5.27. The first-order chi connectivity index (χ1) is 8.38. The van der Waals surface area contributed by atoms with E-state index in [0.717, 1.165) is 12.5 Å². The Kier molecular flexibility index (Phi) is 4.59. The Morgan fingerprint density at radius 2 is 2.18 bits per heavy atom. The lowest BCUT2D eigenvalue weighted by atomic mass is 9.89. The summed E-state index contributed by atoms with van der Waals surface area (Å²) >= 11 is 0. The van der Waals surface area contributed by atoms with Crippen LogP contribution in [0.3, 0.4) is 0 Å². The molecule has 0 aliphatic heterocycles. The molecule has 1 N–H and O–H groups in total. The van der Waals surface area contributed by atoms with Crippen molar-refractivity contribution in [3.05, 3.63) is 12.3 Å². The van der Waals surface area contributed by atoms with Crippen molar-refractivity contribution >= 4 is 5.95 Å². The van der Waals surface area contributed by atoms with Crippen molar-refractivity contribution in [1.29, 1.82) is 0 Å². The SMILES string of the molecule is CCOc1ccnc(NCC2CCCCC2)n1. The first kappa shape index (κ1) is 12.1. The van der Waals surface area contributed by atoms with Gasteiger partial charge >= 0.3 is 0 Å². The minimum Gasteiger partial charge on any atom is -0.478 e. The van der Waals surface area contributed by atoms with Gasteiger partial charge in [-0.1, -0.05) is 19.3 Å². The van der Waals surface area contributed by atoms with Crippen LogP contribution in [0.4, 0.5) is 5.95 Å². The van der Waals surface area contributed by atoms with Gasteiger partial charge in [0.15, 0.2) is 0 Å². The summed E-state index contributed by atoms with van der Waals surface area (Å²) in [6.07, 6.45) is 8.53. The number of nitrogens with zero attached hydrogens (tertiary/aromatic N) is 2. The number of hydrogen-bond donors (Lipinski definition) is 1. The summed E-state index contributed by atoms with van der Waals surface area (Å²) in [7, 11) is 0. The van der Waals surface area contributed by atoms with Gasteiger partial charge in [-0.15, -0.1) is 0 Å². The van der Waals surface area contributed by atoms with Gasteiger partial charge in [-0.2, -0.15) is 4.98 Å². The number of anilines is 1. The molecule has 1 aliphatic rings. The Hall–Kier alpha value is -1.32. The lowest BCUT2D eigenvalue weighted by molar-refractivity contribution is 0.326. The van der Waals surface area contributed by atoms with Crippen molar-refractivity contribution in [2.75, 3.05) is 18.5 Å². The molecule has 1 aromatic heterocycles. The molecular weight excluding hydrogens is 214 g/mol. The lowest BCUT2D eigenvalue weighted by Crippen LogP contribution is -2.18. The van der Waals surface area contributed by atoms with Crippen LogP contribution in [0, 0.1) is 5.92 Å². The lowest BCUT2D eigenvalue weighted by Gasteiger charge is -2.21. The average Bonchev–Trinajstić information content (AvgIpc) is 2.39. The monoisotopic (exact) mass is 235 g/mol. The van der Waals surface area contributed by atoms with Crippen molar-refractivity contribution in [1.82, 2.24) is 9.97 Å². The number of aromatic nitrogens is 2. The second kappa shape index (κ2) is 6.42. The molecule has 0 spiro atoms. The Bertz CT molecular complexity index is 337. The van der Waals surface area contributed by atoms with E-state index in [0.29, 0.717) is 18.4 Å². The van der Waals surface area contributed by atoms with Gasteiger partial charge in [0.1, 0.15) is 0 Å². The second-order valence-corrected chi connectivity index (χ2v) is 4.54. The Labute approximate surface area is 103 Å². The number of rotatable bonds is 5. The molecule has 1 aromatic rings. The maximum Gasteiger partial charge on any atom is 0.225 e. The van der Waals surface area contributed by atoms with Crippen LogP contribution in [-0.4, -0.2) is 23.1 Å². The number of ether oxygens (including phenoxy) is 1. The van der Waals surface area contributed by atoms with E-state index < -0.39 is 0 Å². The Morgan fingerprint density at radius 1 is 1.35 bits per heavy atom. The van der Waals surface area contributed by atoms with Gasteiger partial charge in [0, 0.05) is 18.8 Å². The molecule has 0 aromatic carbocycles. The van der Waals surface area contributed by atoms with Crippen LogP contribution in [0.15, 0.2) is 12.3 Å². The van der Waals surface area contributed by atoms with E-state index >= 15 is 0 Å². The smallest absolute Gasteiger partial charge is 0.225 e. The van der Waals surface area contributed by atoms with Crippen LogP contribution >= 0.6 is 0 Å². The van der Waals surface area contributed by atoms with Gasteiger partial charge in [0.2, 0.25) is 11.8 Å². The van der Waals surface area contributed by atoms with Crippen molar-refractivity contribution in [2.24, 2.45) is 5.92 Å². The predicted octanol–water partition coefficient (Wildman–Crippen LogP) is 2.87. The number of nitrogens with one attached hydrogen (secondary N) is 1. The third-order valence-electron chi connectivity index (χ3n) is 3.20. The summed E-state index contributed by atoms with van der Waals surface area (Å²) < 4.78 is 5.35. The summed E-state index contributed by atoms with van der Waals surface area (Å²) in [5.74, 6) is 2.11. The topological polar surface area (TPSA) is 47.0 Å². The van der Waals surface area contributed by atoms with Gasteiger partial charge in [-0.05, 0) is 25.7 Å². The maximum absolute atomic E-state index is 5.35. The van der Waals surface area contributed by atoms with Crippen LogP contribution in [0.25, 0.3) is 0 Å². The molecule has 0 radical (unpaired) electrons. The molecule has 0 unspecified atom stereocenters. The molecular formula is C13H21N3O. The van der Waals surface area contributed by atoms with E-state index in [9.17, 15) is 0 Å². The molecule has 0 saturated heterocycles. The van der Waals surface area contributed by atoms with Gasteiger partial charge in [-0.25, -0.2) is 4.98 Å². The van der Waals surface area contributed by atoms with Gasteiger partial charge in [0.05, 0.1) is 6.61 Å². The number of hydrogen-bond acceptors (Lipinski definition) is 4. The van der Waals surface area contributed by atoms with Crippen LogP contribution in [0.5, 0.6) is 5.88 Å². The molecule has 0 amide bonds. The fraction of sp³-hybridized carbons (Fsp3) is 0.692. The predicted molar refractivity (Wildman–Crippen MR) is 68.3 cm³/mol. The van der Waals surface area contributed by atoms with Crippen LogP contribution in [0.1, 0.15) is 39.0 Å². The Balaban J connectivity index is 1.83. The van der Waals surface area contributed by atoms with Crippen LogP contribution in [0.2, 0.25) is 0 Å². The highest BCUT2D eigenvalue weighted by atomic mass is 16.5. The van der Waals surface area contributed by atoms with Crippen molar-refractivity contribution in [3.8, 4) is 5.88 Å². The molecule has 0 bridgehead atoms. The van der Waals surface area contributed by atoms with Crippen molar-refractivity contribution < 1.29 is 4.74 Å². The van der Waals surface area contributed by atoms with Crippen molar-refractivity contribution in [2.45, 2.75) is 39.0 Å². The summed E-state index contributed by atoms with van der Waals surface area (Å²) in [6, 6.07) is 1.79. The molecule has 4 heteroatoms. The molecule has 94 valence electrons. The molecule has 4 nitrogen and oxygen atoms in total. The van der Waals surface area contributed by atoms with E-state index in [2.05, 4.69) is 15.3 Å². The normalized spacial score (nSPS) is 16.8. The second-order valence-electron chi connectivity index (χ2n) is 4.54. The minimum atomic E-state index is 0.638. The Morgan fingerprint density at radius 3 is 2.94 bits per heavy atom. The van der Waals surface area contributed by atoms with Gasteiger partial charge in [0.25, 0.3) is 0 Å². The zero-order valence-corrected chi connectivity index (χ0v) is 10.5. The van der Waals surface area contributed by atoms with Crippen molar-refractivity contribution in [3.63, 3.8) is 0 Å². The zero-order chi connectivity index (χ0) is 11.9. The maximum atomic E-state index is 5.35. The minimum absolute atomic E-state index is 0.638. The van der Waals surface area contributed by atoms with E-state index in [1.807, 2.05) is 6.92 Å². The van der Waals surface area contributed by atoms with Crippen LogP contribution in [-0.2, 0) is 0 Å². The van der Waals surface area contributed by atoms with E-state index in [-0.39, 0.29) is 0 Å². The molecule has 1 saturated carbocycles. The van der Waals surface area contributed by atoms with Gasteiger partial charge < -0.3 is 10.1 Å². The van der Waals surface area contributed by atoms with E-state index in [1.54, 1.807) is 12.3 Å². The first-order valence-corrected chi connectivity index (χ1v) is 6.58. The molecule has 17 heavy (non-hydrogen) atoms. The molecule has 2 rings (SSSR count). The fourth-order valence-corrected chi connectivity index (χ4v) is 2.28. The highest BCUT2D eigenvalue weighted by Crippen LogP contribution is 2.23. The summed E-state index contributed by atoms with van der Waals surface area (Å²) in [5.41, 5.74) is 0. The van der Waals surface area contributed by atoms with E-state index in [4.69, 9.17) is 4.74 Å². The molecule has 1 fully saturated rings. The van der Waals surface area contributed by atoms with Crippen LogP contribution < -0.4 is 10.1 Å². The summed E-state index contributed by atoms with van der Waals surface area (Å²) in [5, 5.41) is 3.31. The molecule has 1 aliphatic carbocycles. The largest absolute Gasteiger partial charge is 0.478 e. The molecule has 0 atom stereocenters. The zero-order valence-electron chi connectivity index (χ0n) is 10.5.